The van der Waals surface area contributed by atoms with Crippen LogP contribution in [0.3, 0.4) is 0 Å². The van der Waals surface area contributed by atoms with Crippen LogP contribution >= 0.6 is 0 Å². The zero-order valence-corrected chi connectivity index (χ0v) is 11.3. The first kappa shape index (κ1) is 14.3. The lowest BCUT2D eigenvalue weighted by atomic mass is 9.94. The van der Waals surface area contributed by atoms with Crippen molar-refractivity contribution in [3.63, 3.8) is 0 Å². The summed E-state index contributed by atoms with van der Waals surface area (Å²) in [6.07, 6.45) is 1.90. The highest BCUT2D eigenvalue weighted by Crippen LogP contribution is 2.15. The van der Waals surface area contributed by atoms with E-state index in [2.05, 4.69) is 11.4 Å². The molecule has 0 aromatic carbocycles. The second-order valence-electron chi connectivity index (χ2n) is 4.94. The molecular weight excluding hydrogens is 230 g/mol. The molecule has 1 rings (SSSR count). The van der Waals surface area contributed by atoms with Gasteiger partial charge in [-0.3, -0.25) is 4.79 Å². The number of aryl methyl sites for hydroxylation is 1. The van der Waals surface area contributed by atoms with Crippen LogP contribution in [0.15, 0.2) is 12.3 Å². The van der Waals surface area contributed by atoms with Gasteiger partial charge >= 0.3 is 5.97 Å². The molecule has 0 aliphatic rings. The van der Waals surface area contributed by atoms with Gasteiger partial charge in [0.2, 0.25) is 0 Å². The van der Waals surface area contributed by atoms with E-state index in [0.29, 0.717) is 18.8 Å². The van der Waals surface area contributed by atoms with Gasteiger partial charge in [0.15, 0.2) is 0 Å². The number of rotatable bonds is 5. The number of carbonyl (C=O) groups is 1. The van der Waals surface area contributed by atoms with E-state index in [-0.39, 0.29) is 5.97 Å². The predicted octanol–water partition coefficient (Wildman–Crippen LogP) is 1.19. The molecule has 0 saturated heterocycles. The smallest absolute Gasteiger partial charge is 0.312 e. The van der Waals surface area contributed by atoms with Crippen molar-refractivity contribution in [2.45, 2.75) is 20.4 Å². The molecule has 0 fully saturated rings. The summed E-state index contributed by atoms with van der Waals surface area (Å²) in [5, 5.41) is 12.0. The van der Waals surface area contributed by atoms with Crippen LogP contribution in [0.4, 0.5) is 0 Å². The van der Waals surface area contributed by atoms with Gasteiger partial charge in [-0.15, -0.1) is 0 Å². The first-order valence-corrected chi connectivity index (χ1v) is 5.75. The highest BCUT2D eigenvalue weighted by Gasteiger charge is 2.27. The SMILES string of the molecule is COC(=O)C(C)(C)CNCc1cc(C#N)n(C)c1. The molecule has 1 aromatic heterocycles. The predicted molar refractivity (Wildman–Crippen MR) is 67.6 cm³/mol. The first-order chi connectivity index (χ1) is 8.40. The number of esters is 1. The second-order valence-corrected chi connectivity index (χ2v) is 4.94. The third kappa shape index (κ3) is 3.34. The minimum absolute atomic E-state index is 0.235. The summed E-state index contributed by atoms with van der Waals surface area (Å²) in [6, 6.07) is 3.94. The Hall–Kier alpha value is -1.80. The number of nitriles is 1. The highest BCUT2D eigenvalue weighted by molar-refractivity contribution is 5.76. The van der Waals surface area contributed by atoms with Crippen molar-refractivity contribution in [3.8, 4) is 6.07 Å². The van der Waals surface area contributed by atoms with Gasteiger partial charge in [0.1, 0.15) is 11.8 Å². The maximum absolute atomic E-state index is 11.5. The molecule has 18 heavy (non-hydrogen) atoms. The third-order valence-electron chi connectivity index (χ3n) is 2.81. The third-order valence-corrected chi connectivity index (χ3v) is 2.81. The molecule has 0 aliphatic carbocycles. The van der Waals surface area contributed by atoms with Crippen LogP contribution in [0.1, 0.15) is 25.1 Å². The number of hydrogen-bond acceptors (Lipinski definition) is 4. The van der Waals surface area contributed by atoms with Crippen LogP contribution in [-0.2, 0) is 23.1 Å². The second kappa shape index (κ2) is 5.69. The van der Waals surface area contributed by atoms with Gasteiger partial charge in [-0.25, -0.2) is 0 Å². The zero-order chi connectivity index (χ0) is 13.8. The quantitative estimate of drug-likeness (QED) is 0.796. The average molecular weight is 249 g/mol. The molecule has 0 spiro atoms. The Kier molecular flexibility index (Phi) is 4.51. The maximum atomic E-state index is 11.5. The molecule has 98 valence electrons. The van der Waals surface area contributed by atoms with Crippen LogP contribution in [0, 0.1) is 16.7 Å². The van der Waals surface area contributed by atoms with E-state index in [4.69, 9.17) is 10.00 Å². The van der Waals surface area contributed by atoms with Crippen molar-refractivity contribution < 1.29 is 9.53 Å². The molecule has 5 heteroatoms. The summed E-state index contributed by atoms with van der Waals surface area (Å²) in [5.74, 6) is -0.235. The lowest BCUT2D eigenvalue weighted by molar-refractivity contribution is -0.150. The van der Waals surface area contributed by atoms with Gasteiger partial charge in [-0.1, -0.05) is 0 Å². The molecule has 0 bridgehead atoms. The number of hydrogen-bond donors (Lipinski definition) is 1. The van der Waals surface area contributed by atoms with Gasteiger partial charge < -0.3 is 14.6 Å². The molecule has 0 atom stereocenters. The molecular formula is C13H19N3O2. The topological polar surface area (TPSA) is 67.0 Å². The minimum atomic E-state index is -0.554. The summed E-state index contributed by atoms with van der Waals surface area (Å²) in [4.78, 5) is 11.5. The molecule has 0 saturated carbocycles. The van der Waals surface area contributed by atoms with E-state index >= 15 is 0 Å². The van der Waals surface area contributed by atoms with Crippen LogP contribution in [0.25, 0.3) is 0 Å². The van der Waals surface area contributed by atoms with E-state index < -0.39 is 5.41 Å². The van der Waals surface area contributed by atoms with Gasteiger partial charge in [0.05, 0.1) is 12.5 Å². The lowest BCUT2D eigenvalue weighted by Crippen LogP contribution is -2.36. The summed E-state index contributed by atoms with van der Waals surface area (Å²) < 4.78 is 6.51. The average Bonchev–Trinajstić information content (AvgIpc) is 2.68. The lowest BCUT2D eigenvalue weighted by Gasteiger charge is -2.21. The Morgan fingerprint density at radius 1 is 1.61 bits per heavy atom. The van der Waals surface area contributed by atoms with Crippen molar-refractivity contribution in [2.24, 2.45) is 12.5 Å². The Bertz CT molecular complexity index is 469. The van der Waals surface area contributed by atoms with E-state index in [1.165, 1.54) is 7.11 Å². The van der Waals surface area contributed by atoms with E-state index in [0.717, 1.165) is 5.56 Å². The summed E-state index contributed by atoms with van der Waals surface area (Å²) in [7, 11) is 3.22. The van der Waals surface area contributed by atoms with Gasteiger partial charge in [0.25, 0.3) is 0 Å². The Morgan fingerprint density at radius 3 is 2.78 bits per heavy atom. The highest BCUT2D eigenvalue weighted by atomic mass is 16.5. The fourth-order valence-corrected chi connectivity index (χ4v) is 1.71. The van der Waals surface area contributed by atoms with Crippen molar-refractivity contribution >= 4 is 5.97 Å². The molecule has 5 nitrogen and oxygen atoms in total. The molecule has 0 aliphatic heterocycles. The number of methoxy groups -OCH3 is 1. The Labute approximate surface area is 107 Å². The standard InChI is InChI=1S/C13H19N3O2/c1-13(2,12(17)18-4)9-15-7-10-5-11(6-14)16(3)8-10/h5,8,15H,7,9H2,1-4H3. The van der Waals surface area contributed by atoms with Gasteiger partial charge in [-0.2, -0.15) is 5.26 Å². The van der Waals surface area contributed by atoms with Crippen LogP contribution < -0.4 is 5.32 Å². The number of carbonyl (C=O) groups excluding carboxylic acids is 1. The van der Waals surface area contributed by atoms with E-state index in [9.17, 15) is 4.79 Å². The summed E-state index contributed by atoms with van der Waals surface area (Å²) in [5.41, 5.74) is 1.09. The van der Waals surface area contributed by atoms with E-state index in [1.807, 2.05) is 33.2 Å². The molecule has 1 heterocycles. The van der Waals surface area contributed by atoms with Crippen LogP contribution in [0.5, 0.6) is 0 Å². The molecule has 0 radical (unpaired) electrons. The normalized spacial score (nSPS) is 11.1. The fourth-order valence-electron chi connectivity index (χ4n) is 1.71. The van der Waals surface area contributed by atoms with Crippen molar-refractivity contribution in [3.05, 3.63) is 23.5 Å². The monoisotopic (exact) mass is 249 g/mol. The Morgan fingerprint density at radius 2 is 2.28 bits per heavy atom. The number of aromatic nitrogens is 1. The molecule has 0 amide bonds. The van der Waals surface area contributed by atoms with Crippen molar-refractivity contribution in [2.75, 3.05) is 13.7 Å². The molecule has 0 unspecified atom stereocenters. The van der Waals surface area contributed by atoms with Crippen molar-refractivity contribution in [1.82, 2.24) is 9.88 Å². The van der Waals surface area contributed by atoms with Crippen LogP contribution in [-0.4, -0.2) is 24.2 Å². The zero-order valence-electron chi connectivity index (χ0n) is 11.3. The number of nitrogens with one attached hydrogen (secondary N) is 1. The summed E-state index contributed by atoms with van der Waals surface area (Å²) >= 11 is 0. The minimum Gasteiger partial charge on any atom is -0.469 e. The van der Waals surface area contributed by atoms with Crippen LogP contribution in [0.2, 0.25) is 0 Å². The largest absolute Gasteiger partial charge is 0.469 e. The first-order valence-electron chi connectivity index (χ1n) is 5.75. The summed E-state index contributed by atoms with van der Waals surface area (Å²) in [6.45, 7) is 4.81. The van der Waals surface area contributed by atoms with E-state index in [1.54, 1.807) is 4.57 Å². The van der Waals surface area contributed by atoms with Crippen molar-refractivity contribution in [1.29, 1.82) is 5.26 Å². The fraction of sp³-hybridized carbons (Fsp3) is 0.538. The Balaban J connectivity index is 2.52. The maximum Gasteiger partial charge on any atom is 0.312 e. The van der Waals surface area contributed by atoms with Gasteiger partial charge in [0, 0.05) is 26.3 Å². The number of nitrogens with zero attached hydrogens (tertiary/aromatic N) is 2. The van der Waals surface area contributed by atoms with Gasteiger partial charge in [-0.05, 0) is 25.5 Å². The molecule has 1 aromatic rings. The number of ether oxygens (including phenoxy) is 1. The molecule has 1 N–H and O–H groups in total.